The van der Waals surface area contributed by atoms with E-state index in [1.165, 1.54) is 13.3 Å². The first kappa shape index (κ1) is 13.4. The third-order valence-electron chi connectivity index (χ3n) is 3.14. The number of hydrogen-bond donors (Lipinski definition) is 0. The Balaban J connectivity index is 2.17. The lowest BCUT2D eigenvalue weighted by atomic mass is 9.98. The predicted molar refractivity (Wildman–Crippen MR) is 58.7 cm³/mol. The van der Waals surface area contributed by atoms with Crippen molar-refractivity contribution >= 4 is 5.97 Å². The zero-order valence-corrected chi connectivity index (χ0v) is 10.1. The van der Waals surface area contributed by atoms with Gasteiger partial charge in [-0.15, -0.1) is 0 Å². The van der Waals surface area contributed by atoms with Crippen LogP contribution in [0.3, 0.4) is 0 Å². The van der Waals surface area contributed by atoms with E-state index in [1.54, 1.807) is 6.92 Å². The van der Waals surface area contributed by atoms with Crippen LogP contribution in [0.4, 0.5) is 4.39 Å². The molecule has 1 aliphatic rings. The van der Waals surface area contributed by atoms with Crippen LogP contribution < -0.4 is 0 Å². The van der Waals surface area contributed by atoms with Crippen molar-refractivity contribution in [2.24, 2.45) is 0 Å². The number of hydrogen-bond acceptors (Lipinski definition) is 3. The summed E-state index contributed by atoms with van der Waals surface area (Å²) in [6.07, 6.45) is 5.89. The van der Waals surface area contributed by atoms with Crippen molar-refractivity contribution in [3.8, 4) is 0 Å². The molecule has 0 aromatic carbocycles. The highest BCUT2D eigenvalue weighted by atomic mass is 19.1. The Labute approximate surface area is 96.3 Å². The second kappa shape index (κ2) is 6.18. The van der Waals surface area contributed by atoms with Crippen LogP contribution >= 0.6 is 0 Å². The predicted octanol–water partition coefficient (Wildman–Crippen LogP) is 2.97. The Bertz CT molecular complexity index is 222. The topological polar surface area (TPSA) is 35.5 Å². The molecule has 4 heteroatoms. The molecule has 1 fully saturated rings. The van der Waals surface area contributed by atoms with E-state index in [4.69, 9.17) is 9.47 Å². The minimum Gasteiger partial charge on any atom is -0.436 e. The number of esters is 1. The maximum Gasteiger partial charge on any atom is 0.345 e. The lowest BCUT2D eigenvalue weighted by Gasteiger charge is -2.22. The van der Waals surface area contributed by atoms with Gasteiger partial charge in [0.05, 0.1) is 6.10 Å². The molecule has 0 aromatic heterocycles. The second-order valence-corrected chi connectivity index (χ2v) is 4.53. The van der Waals surface area contributed by atoms with Crippen molar-refractivity contribution in [2.75, 3.05) is 6.79 Å². The lowest BCUT2D eigenvalue weighted by Crippen LogP contribution is -2.32. The molecule has 0 radical (unpaired) electrons. The van der Waals surface area contributed by atoms with Gasteiger partial charge in [0.25, 0.3) is 0 Å². The SMILES string of the molecule is CCC(C)(F)C(=O)OCOC1CCCCC1. The monoisotopic (exact) mass is 232 g/mol. The maximum absolute atomic E-state index is 13.4. The Morgan fingerprint density at radius 3 is 2.56 bits per heavy atom. The van der Waals surface area contributed by atoms with E-state index >= 15 is 0 Å². The van der Waals surface area contributed by atoms with Gasteiger partial charge in [-0.1, -0.05) is 26.2 Å². The number of alkyl halides is 1. The molecule has 0 aliphatic heterocycles. The fraction of sp³-hybridized carbons (Fsp3) is 0.917. The zero-order chi connectivity index (χ0) is 12.0. The van der Waals surface area contributed by atoms with Gasteiger partial charge in [0.1, 0.15) is 0 Å². The van der Waals surface area contributed by atoms with Gasteiger partial charge in [0.2, 0.25) is 5.67 Å². The zero-order valence-electron chi connectivity index (χ0n) is 10.1. The van der Waals surface area contributed by atoms with Gasteiger partial charge in [-0.25, -0.2) is 9.18 Å². The minimum absolute atomic E-state index is 0.120. The molecule has 0 heterocycles. The number of halogens is 1. The molecule has 0 saturated heterocycles. The summed E-state index contributed by atoms with van der Waals surface area (Å²) in [5.74, 6) is -0.828. The van der Waals surface area contributed by atoms with Crippen molar-refractivity contribution in [3.05, 3.63) is 0 Å². The molecule has 94 valence electrons. The molecule has 0 spiro atoms. The van der Waals surface area contributed by atoms with Crippen LogP contribution in [0.5, 0.6) is 0 Å². The fourth-order valence-electron chi connectivity index (χ4n) is 1.71. The van der Waals surface area contributed by atoms with Crippen LogP contribution in [0.25, 0.3) is 0 Å². The van der Waals surface area contributed by atoms with E-state index < -0.39 is 11.6 Å². The fourth-order valence-corrected chi connectivity index (χ4v) is 1.71. The Morgan fingerprint density at radius 1 is 1.38 bits per heavy atom. The highest BCUT2D eigenvalue weighted by molar-refractivity contribution is 5.78. The number of carbonyl (C=O) groups is 1. The molecular weight excluding hydrogens is 211 g/mol. The van der Waals surface area contributed by atoms with Crippen LogP contribution in [-0.4, -0.2) is 24.5 Å². The van der Waals surface area contributed by atoms with Gasteiger partial charge in [0.15, 0.2) is 6.79 Å². The van der Waals surface area contributed by atoms with Gasteiger partial charge in [0, 0.05) is 0 Å². The maximum atomic E-state index is 13.4. The van der Waals surface area contributed by atoms with Crippen molar-refractivity contribution in [3.63, 3.8) is 0 Å². The Morgan fingerprint density at radius 2 is 2.00 bits per heavy atom. The van der Waals surface area contributed by atoms with E-state index in [1.807, 2.05) is 0 Å². The van der Waals surface area contributed by atoms with E-state index in [0.29, 0.717) is 0 Å². The summed E-state index contributed by atoms with van der Waals surface area (Å²) >= 11 is 0. The quantitative estimate of drug-likeness (QED) is 0.540. The number of ether oxygens (including phenoxy) is 2. The third-order valence-corrected chi connectivity index (χ3v) is 3.14. The average molecular weight is 232 g/mol. The van der Waals surface area contributed by atoms with Gasteiger partial charge in [-0.05, 0) is 26.2 Å². The largest absolute Gasteiger partial charge is 0.436 e. The highest BCUT2D eigenvalue weighted by Gasteiger charge is 2.32. The molecule has 1 saturated carbocycles. The third kappa shape index (κ3) is 4.08. The van der Waals surface area contributed by atoms with E-state index in [2.05, 4.69) is 0 Å². The van der Waals surface area contributed by atoms with Crippen molar-refractivity contribution < 1.29 is 18.7 Å². The van der Waals surface area contributed by atoms with E-state index in [0.717, 1.165) is 25.7 Å². The summed E-state index contributed by atoms with van der Waals surface area (Å²) in [5.41, 5.74) is -1.89. The summed E-state index contributed by atoms with van der Waals surface area (Å²) in [6.45, 7) is 2.72. The molecule has 0 amide bonds. The highest BCUT2D eigenvalue weighted by Crippen LogP contribution is 2.21. The lowest BCUT2D eigenvalue weighted by molar-refractivity contribution is -0.174. The van der Waals surface area contributed by atoms with Crippen LogP contribution in [0, 0.1) is 0 Å². The first-order chi connectivity index (χ1) is 7.56. The molecule has 0 aromatic rings. The molecule has 0 bridgehead atoms. The van der Waals surface area contributed by atoms with E-state index in [-0.39, 0.29) is 19.3 Å². The van der Waals surface area contributed by atoms with Gasteiger partial charge in [-0.2, -0.15) is 0 Å². The summed E-state index contributed by atoms with van der Waals surface area (Å²) in [7, 11) is 0. The number of rotatable bonds is 5. The van der Waals surface area contributed by atoms with Crippen molar-refractivity contribution in [1.82, 2.24) is 0 Å². The standard InChI is InChI=1S/C12H21FO3/c1-3-12(2,13)11(14)16-9-15-10-7-5-4-6-8-10/h10H,3-9H2,1-2H3. The summed E-state index contributed by atoms with van der Waals surface area (Å²) < 4.78 is 23.6. The molecule has 1 aliphatic carbocycles. The summed E-state index contributed by atoms with van der Waals surface area (Å²) in [5, 5.41) is 0. The van der Waals surface area contributed by atoms with E-state index in [9.17, 15) is 9.18 Å². The normalized spacial score (nSPS) is 21.4. The second-order valence-electron chi connectivity index (χ2n) is 4.53. The Hall–Kier alpha value is -0.640. The minimum atomic E-state index is -1.89. The number of carbonyl (C=O) groups excluding carboxylic acids is 1. The smallest absolute Gasteiger partial charge is 0.345 e. The summed E-state index contributed by atoms with van der Waals surface area (Å²) in [6, 6.07) is 0. The summed E-state index contributed by atoms with van der Waals surface area (Å²) in [4.78, 5) is 11.3. The molecule has 0 N–H and O–H groups in total. The molecule has 1 rings (SSSR count). The molecule has 16 heavy (non-hydrogen) atoms. The first-order valence-corrected chi connectivity index (χ1v) is 6.04. The Kier molecular flexibility index (Phi) is 5.19. The first-order valence-electron chi connectivity index (χ1n) is 6.04. The van der Waals surface area contributed by atoms with Crippen molar-refractivity contribution in [1.29, 1.82) is 0 Å². The van der Waals surface area contributed by atoms with Gasteiger partial charge < -0.3 is 9.47 Å². The average Bonchev–Trinajstić information content (AvgIpc) is 2.30. The molecule has 3 nitrogen and oxygen atoms in total. The molecule has 1 unspecified atom stereocenters. The molecular formula is C12H21FO3. The molecule has 1 atom stereocenters. The van der Waals surface area contributed by atoms with Crippen LogP contribution in [0.2, 0.25) is 0 Å². The van der Waals surface area contributed by atoms with Gasteiger partial charge >= 0.3 is 5.97 Å². The van der Waals surface area contributed by atoms with Crippen LogP contribution in [0.1, 0.15) is 52.4 Å². The van der Waals surface area contributed by atoms with Gasteiger partial charge in [-0.3, -0.25) is 0 Å². The van der Waals surface area contributed by atoms with Crippen LogP contribution in [-0.2, 0) is 14.3 Å². The van der Waals surface area contributed by atoms with Crippen LogP contribution in [0.15, 0.2) is 0 Å². The van der Waals surface area contributed by atoms with Crippen molar-refractivity contribution in [2.45, 2.75) is 64.1 Å².